The minimum atomic E-state index is -0.280. The molecular formula is C15H15ClN2O2. The number of ether oxygens (including phenoxy) is 1. The van der Waals surface area contributed by atoms with Crippen molar-refractivity contribution in [3.8, 4) is 5.75 Å². The quantitative estimate of drug-likeness (QED) is 0.878. The van der Waals surface area contributed by atoms with Crippen molar-refractivity contribution in [1.29, 1.82) is 0 Å². The number of hydrogen-bond donors (Lipinski definition) is 1. The number of rotatable bonds is 4. The van der Waals surface area contributed by atoms with Crippen LogP contribution >= 0.6 is 11.6 Å². The molecule has 0 saturated carbocycles. The molecular weight excluding hydrogens is 276 g/mol. The number of anilines is 1. The molecule has 0 atom stereocenters. The van der Waals surface area contributed by atoms with Gasteiger partial charge in [0.1, 0.15) is 5.75 Å². The Bertz CT molecular complexity index is 629. The largest absolute Gasteiger partial charge is 0.484 e. The molecule has 1 aromatic heterocycles. The fourth-order valence-electron chi connectivity index (χ4n) is 1.62. The Morgan fingerprint density at radius 2 is 2.10 bits per heavy atom. The van der Waals surface area contributed by atoms with E-state index in [1.807, 2.05) is 32.0 Å². The minimum Gasteiger partial charge on any atom is -0.484 e. The second kappa shape index (κ2) is 6.39. The fraction of sp³-hybridized carbons (Fsp3) is 0.200. The van der Waals surface area contributed by atoms with E-state index >= 15 is 0 Å². The number of pyridine rings is 1. The maximum atomic E-state index is 11.8. The predicted molar refractivity (Wildman–Crippen MR) is 79.3 cm³/mol. The molecule has 1 aromatic carbocycles. The van der Waals surface area contributed by atoms with E-state index in [-0.39, 0.29) is 17.7 Å². The van der Waals surface area contributed by atoms with Gasteiger partial charge in [0, 0.05) is 6.20 Å². The Kier molecular flexibility index (Phi) is 4.58. The highest BCUT2D eigenvalue weighted by atomic mass is 35.5. The number of halogens is 1. The van der Waals surface area contributed by atoms with Gasteiger partial charge in [-0.1, -0.05) is 17.7 Å². The van der Waals surface area contributed by atoms with Crippen molar-refractivity contribution in [2.45, 2.75) is 13.8 Å². The van der Waals surface area contributed by atoms with E-state index in [0.717, 1.165) is 5.56 Å². The third-order valence-electron chi connectivity index (χ3n) is 2.88. The van der Waals surface area contributed by atoms with Crippen LogP contribution in [0, 0.1) is 13.8 Å². The third-order valence-corrected chi connectivity index (χ3v) is 3.18. The number of aromatic nitrogens is 1. The first-order valence-corrected chi connectivity index (χ1v) is 6.54. The predicted octanol–water partition coefficient (Wildman–Crippen LogP) is 3.37. The van der Waals surface area contributed by atoms with Gasteiger partial charge in [0.15, 0.2) is 11.8 Å². The van der Waals surface area contributed by atoms with Crippen molar-refractivity contribution in [2.75, 3.05) is 11.9 Å². The number of benzene rings is 1. The fourth-order valence-corrected chi connectivity index (χ4v) is 1.78. The van der Waals surface area contributed by atoms with Gasteiger partial charge in [-0.15, -0.1) is 0 Å². The summed E-state index contributed by atoms with van der Waals surface area (Å²) >= 11 is 5.86. The van der Waals surface area contributed by atoms with Gasteiger partial charge in [-0.3, -0.25) is 4.79 Å². The summed E-state index contributed by atoms with van der Waals surface area (Å²) < 4.78 is 5.44. The summed E-state index contributed by atoms with van der Waals surface area (Å²) in [5.74, 6) is 0.388. The van der Waals surface area contributed by atoms with Crippen molar-refractivity contribution in [3.05, 3.63) is 52.8 Å². The number of amides is 1. The molecule has 0 spiro atoms. The first-order valence-electron chi connectivity index (χ1n) is 6.16. The maximum Gasteiger partial charge on any atom is 0.262 e. The molecule has 0 aliphatic carbocycles. The summed E-state index contributed by atoms with van der Waals surface area (Å²) in [4.78, 5) is 15.6. The molecule has 4 nitrogen and oxygen atoms in total. The Labute approximate surface area is 122 Å². The molecule has 2 rings (SSSR count). The molecule has 0 aliphatic heterocycles. The van der Waals surface area contributed by atoms with Gasteiger partial charge in [-0.2, -0.15) is 0 Å². The van der Waals surface area contributed by atoms with Gasteiger partial charge in [-0.25, -0.2) is 4.98 Å². The van der Waals surface area contributed by atoms with Crippen LogP contribution in [0.25, 0.3) is 0 Å². The molecule has 5 heteroatoms. The maximum absolute atomic E-state index is 11.8. The monoisotopic (exact) mass is 290 g/mol. The lowest BCUT2D eigenvalue weighted by Crippen LogP contribution is -2.20. The Balaban J connectivity index is 1.92. The van der Waals surface area contributed by atoms with Crippen molar-refractivity contribution in [1.82, 2.24) is 4.98 Å². The number of aryl methyl sites for hydroxylation is 2. The van der Waals surface area contributed by atoms with Crippen LogP contribution in [-0.4, -0.2) is 17.5 Å². The summed E-state index contributed by atoms with van der Waals surface area (Å²) in [6.07, 6.45) is 1.56. The highest BCUT2D eigenvalue weighted by molar-refractivity contribution is 6.32. The number of carbonyl (C=O) groups is 1. The zero-order valence-corrected chi connectivity index (χ0v) is 12.1. The number of nitrogens with one attached hydrogen (secondary N) is 1. The van der Waals surface area contributed by atoms with E-state index in [0.29, 0.717) is 11.4 Å². The molecule has 104 valence electrons. The average molecular weight is 291 g/mol. The smallest absolute Gasteiger partial charge is 0.262 e. The molecule has 0 radical (unpaired) electrons. The van der Waals surface area contributed by atoms with E-state index in [2.05, 4.69) is 10.3 Å². The molecule has 0 saturated heterocycles. The van der Waals surface area contributed by atoms with E-state index in [1.165, 1.54) is 5.56 Å². The van der Waals surface area contributed by atoms with Crippen molar-refractivity contribution < 1.29 is 9.53 Å². The number of nitrogens with zero attached hydrogens (tertiary/aromatic N) is 1. The van der Waals surface area contributed by atoms with Crippen LogP contribution in [0.3, 0.4) is 0 Å². The molecule has 1 amide bonds. The normalized spacial score (nSPS) is 10.2. The summed E-state index contributed by atoms with van der Waals surface area (Å²) in [5, 5.41) is 2.90. The van der Waals surface area contributed by atoms with Crippen LogP contribution in [0.5, 0.6) is 5.75 Å². The summed E-state index contributed by atoms with van der Waals surface area (Å²) in [6, 6.07) is 9.09. The molecule has 20 heavy (non-hydrogen) atoms. The van der Waals surface area contributed by atoms with Gasteiger partial charge < -0.3 is 10.1 Å². The van der Waals surface area contributed by atoms with Crippen molar-refractivity contribution in [3.63, 3.8) is 0 Å². The lowest BCUT2D eigenvalue weighted by Gasteiger charge is -2.09. The molecule has 0 unspecified atom stereocenters. The number of carbonyl (C=O) groups excluding carboxylic acids is 1. The summed E-state index contributed by atoms with van der Waals surface area (Å²) in [5.41, 5.74) is 2.78. The first kappa shape index (κ1) is 14.3. The second-order valence-corrected chi connectivity index (χ2v) is 4.78. The van der Waals surface area contributed by atoms with Crippen LogP contribution in [0.1, 0.15) is 11.1 Å². The standard InChI is InChI=1S/C15H15ClN2O2/c1-10-5-6-12(8-11(10)2)20-9-14(19)18-13-4-3-7-17-15(13)16/h3-8H,9H2,1-2H3,(H,18,19). The SMILES string of the molecule is Cc1ccc(OCC(=O)Nc2cccnc2Cl)cc1C. The van der Waals surface area contributed by atoms with Crippen molar-refractivity contribution >= 4 is 23.2 Å². The van der Waals surface area contributed by atoms with E-state index in [9.17, 15) is 4.79 Å². The Hall–Kier alpha value is -2.07. The summed E-state index contributed by atoms with van der Waals surface area (Å²) in [7, 11) is 0. The Morgan fingerprint density at radius 1 is 1.30 bits per heavy atom. The molecule has 0 bridgehead atoms. The average Bonchev–Trinajstić information content (AvgIpc) is 2.43. The zero-order valence-electron chi connectivity index (χ0n) is 11.3. The van der Waals surface area contributed by atoms with Gasteiger partial charge in [0.2, 0.25) is 0 Å². The lowest BCUT2D eigenvalue weighted by atomic mass is 10.1. The van der Waals surface area contributed by atoms with Gasteiger partial charge >= 0.3 is 0 Å². The molecule has 0 aliphatic rings. The van der Waals surface area contributed by atoms with Gasteiger partial charge in [0.05, 0.1) is 5.69 Å². The highest BCUT2D eigenvalue weighted by Crippen LogP contribution is 2.18. The highest BCUT2D eigenvalue weighted by Gasteiger charge is 2.07. The third kappa shape index (κ3) is 3.71. The van der Waals surface area contributed by atoms with Crippen molar-refractivity contribution in [2.24, 2.45) is 0 Å². The molecule has 0 fully saturated rings. The van der Waals surface area contributed by atoms with E-state index in [4.69, 9.17) is 16.3 Å². The van der Waals surface area contributed by atoms with Crippen LogP contribution < -0.4 is 10.1 Å². The molecule has 1 heterocycles. The van der Waals surface area contributed by atoms with Crippen LogP contribution in [0.4, 0.5) is 5.69 Å². The molecule has 2 aromatic rings. The van der Waals surface area contributed by atoms with Gasteiger partial charge in [0.25, 0.3) is 5.91 Å². The Morgan fingerprint density at radius 3 is 2.80 bits per heavy atom. The van der Waals surface area contributed by atoms with E-state index in [1.54, 1.807) is 18.3 Å². The minimum absolute atomic E-state index is 0.0757. The van der Waals surface area contributed by atoms with Crippen LogP contribution in [-0.2, 0) is 4.79 Å². The topological polar surface area (TPSA) is 51.2 Å². The van der Waals surface area contributed by atoms with Gasteiger partial charge in [-0.05, 0) is 49.2 Å². The zero-order chi connectivity index (χ0) is 14.5. The number of hydrogen-bond acceptors (Lipinski definition) is 3. The first-order chi connectivity index (χ1) is 9.56. The van der Waals surface area contributed by atoms with E-state index < -0.39 is 0 Å². The lowest BCUT2D eigenvalue weighted by molar-refractivity contribution is -0.118. The van der Waals surface area contributed by atoms with Crippen LogP contribution in [0.2, 0.25) is 5.15 Å². The van der Waals surface area contributed by atoms with Crippen LogP contribution in [0.15, 0.2) is 36.5 Å². The molecule has 1 N–H and O–H groups in total. The second-order valence-electron chi connectivity index (χ2n) is 4.42. The summed E-state index contributed by atoms with van der Waals surface area (Å²) in [6.45, 7) is 3.95.